The zero-order valence-corrected chi connectivity index (χ0v) is 11.3. The monoisotopic (exact) mass is 306 g/mol. The van der Waals surface area contributed by atoms with E-state index in [1.54, 1.807) is 18.2 Å². The first kappa shape index (κ1) is 15.9. The average molecular weight is 306 g/mol. The molecule has 8 heteroatoms. The van der Waals surface area contributed by atoms with E-state index >= 15 is 0 Å². The van der Waals surface area contributed by atoms with Crippen LogP contribution in [0.2, 0.25) is 0 Å². The normalized spacial score (nSPS) is 16.4. The van der Waals surface area contributed by atoms with Crippen LogP contribution in [0.3, 0.4) is 0 Å². The summed E-state index contributed by atoms with van der Waals surface area (Å²) in [5.74, 6) is 6.55. The molecule has 21 heavy (non-hydrogen) atoms. The number of hydrogen-bond donors (Lipinski definition) is 2. The highest BCUT2D eigenvalue weighted by atomic mass is 19.4. The molecule has 1 heterocycles. The van der Waals surface area contributed by atoms with Gasteiger partial charge < -0.3 is 14.2 Å². The molecule has 0 fully saturated rings. The van der Waals surface area contributed by atoms with E-state index < -0.39 is 18.8 Å². The number of benzene rings is 1. The van der Waals surface area contributed by atoms with Crippen molar-refractivity contribution in [1.82, 2.24) is 5.43 Å². The van der Waals surface area contributed by atoms with Gasteiger partial charge >= 0.3 is 6.18 Å². The maximum absolute atomic E-state index is 12.1. The topological polar surface area (TPSA) is 65.7 Å². The SMILES string of the molecule is NNC(COCC(F)(F)F)c1ccc2c(c1)OCCCO2. The van der Waals surface area contributed by atoms with Gasteiger partial charge in [0.05, 0.1) is 25.9 Å². The Bertz CT molecular complexity index is 468. The molecule has 1 atom stereocenters. The summed E-state index contributed by atoms with van der Waals surface area (Å²) in [4.78, 5) is 0. The number of hydrogen-bond acceptors (Lipinski definition) is 5. The fraction of sp³-hybridized carbons (Fsp3) is 0.538. The van der Waals surface area contributed by atoms with Gasteiger partial charge in [0.25, 0.3) is 0 Å². The van der Waals surface area contributed by atoms with E-state index in [2.05, 4.69) is 10.2 Å². The van der Waals surface area contributed by atoms with Gasteiger partial charge in [-0.2, -0.15) is 13.2 Å². The number of fused-ring (bicyclic) bond motifs is 1. The minimum atomic E-state index is -4.36. The fourth-order valence-corrected chi connectivity index (χ4v) is 1.93. The van der Waals surface area contributed by atoms with Gasteiger partial charge in [-0.05, 0) is 17.7 Å². The summed E-state index contributed by atoms with van der Waals surface area (Å²) < 4.78 is 51.9. The standard InChI is InChI=1S/C13H17F3N2O3/c14-13(15,16)8-19-7-10(18-17)9-2-3-11-12(6-9)21-5-1-4-20-11/h2-3,6,10,18H,1,4-5,7-8,17H2. The molecule has 5 nitrogen and oxygen atoms in total. The molecule has 0 spiro atoms. The number of hydrazine groups is 1. The smallest absolute Gasteiger partial charge is 0.411 e. The predicted octanol–water partition coefficient (Wildman–Crippen LogP) is 1.93. The van der Waals surface area contributed by atoms with Crippen LogP contribution >= 0.6 is 0 Å². The van der Waals surface area contributed by atoms with Crippen LogP contribution in [0.25, 0.3) is 0 Å². The Kier molecular flexibility index (Phi) is 5.27. The maximum Gasteiger partial charge on any atom is 0.411 e. The van der Waals surface area contributed by atoms with Crippen molar-refractivity contribution in [2.75, 3.05) is 26.4 Å². The van der Waals surface area contributed by atoms with Crippen LogP contribution in [0.1, 0.15) is 18.0 Å². The number of halogens is 3. The molecule has 1 aliphatic rings. The summed E-state index contributed by atoms with van der Waals surface area (Å²) >= 11 is 0. The Morgan fingerprint density at radius 2 is 1.95 bits per heavy atom. The van der Waals surface area contributed by atoms with Gasteiger partial charge in [0, 0.05) is 6.42 Å². The zero-order valence-electron chi connectivity index (χ0n) is 11.3. The van der Waals surface area contributed by atoms with Crippen LogP contribution in [0.15, 0.2) is 18.2 Å². The molecule has 3 N–H and O–H groups in total. The lowest BCUT2D eigenvalue weighted by molar-refractivity contribution is -0.175. The molecule has 1 aromatic carbocycles. The lowest BCUT2D eigenvalue weighted by atomic mass is 10.1. The van der Waals surface area contributed by atoms with Gasteiger partial charge in [-0.1, -0.05) is 6.07 Å². The molecular formula is C13H17F3N2O3. The first-order valence-corrected chi connectivity index (χ1v) is 6.50. The molecule has 1 aromatic rings. The van der Waals surface area contributed by atoms with Crippen LogP contribution < -0.4 is 20.7 Å². The van der Waals surface area contributed by atoms with Crippen molar-refractivity contribution >= 4 is 0 Å². The van der Waals surface area contributed by atoms with Crippen LogP contribution in [0.4, 0.5) is 13.2 Å². The number of alkyl halides is 3. The van der Waals surface area contributed by atoms with Gasteiger partial charge in [-0.3, -0.25) is 11.3 Å². The van der Waals surface area contributed by atoms with Crippen LogP contribution in [0, 0.1) is 0 Å². The number of rotatable bonds is 5. The minimum Gasteiger partial charge on any atom is -0.490 e. The van der Waals surface area contributed by atoms with Crippen molar-refractivity contribution in [2.45, 2.75) is 18.6 Å². The first-order chi connectivity index (χ1) is 9.99. The Balaban J connectivity index is 2.02. The van der Waals surface area contributed by atoms with Crippen molar-refractivity contribution in [3.05, 3.63) is 23.8 Å². The third-order valence-corrected chi connectivity index (χ3v) is 2.93. The molecule has 2 rings (SSSR count). The summed E-state index contributed by atoms with van der Waals surface area (Å²) in [5, 5.41) is 0. The molecule has 0 radical (unpaired) electrons. The third kappa shape index (κ3) is 4.76. The second kappa shape index (κ2) is 6.97. The Labute approximate surface area is 120 Å². The number of ether oxygens (including phenoxy) is 3. The van der Waals surface area contributed by atoms with E-state index in [9.17, 15) is 13.2 Å². The lowest BCUT2D eigenvalue weighted by Crippen LogP contribution is -2.32. The third-order valence-electron chi connectivity index (χ3n) is 2.93. The summed E-state index contributed by atoms with van der Waals surface area (Å²) in [5.41, 5.74) is 3.11. The molecule has 1 aliphatic heterocycles. The first-order valence-electron chi connectivity index (χ1n) is 6.50. The zero-order chi connectivity index (χ0) is 15.3. The van der Waals surface area contributed by atoms with E-state index in [0.717, 1.165) is 6.42 Å². The number of nitrogens with two attached hydrogens (primary N) is 1. The van der Waals surface area contributed by atoms with Crippen molar-refractivity contribution in [2.24, 2.45) is 5.84 Å². The molecule has 118 valence electrons. The molecule has 0 aliphatic carbocycles. The molecule has 0 amide bonds. The van der Waals surface area contributed by atoms with Crippen LogP contribution in [-0.4, -0.2) is 32.6 Å². The Hall–Kier alpha value is -1.51. The Morgan fingerprint density at radius 1 is 1.24 bits per heavy atom. The lowest BCUT2D eigenvalue weighted by Gasteiger charge is -2.18. The van der Waals surface area contributed by atoms with E-state index in [4.69, 9.17) is 15.3 Å². The largest absolute Gasteiger partial charge is 0.490 e. The maximum atomic E-state index is 12.1. The van der Waals surface area contributed by atoms with Gasteiger partial charge in [-0.15, -0.1) is 0 Å². The summed E-state index contributed by atoms with van der Waals surface area (Å²) in [6.45, 7) is -0.410. The fourth-order valence-electron chi connectivity index (χ4n) is 1.93. The second-order valence-corrected chi connectivity index (χ2v) is 4.61. The summed E-state index contributed by atoms with van der Waals surface area (Å²) in [7, 11) is 0. The quantitative estimate of drug-likeness (QED) is 0.643. The summed E-state index contributed by atoms with van der Waals surface area (Å²) in [6.07, 6.45) is -3.58. The van der Waals surface area contributed by atoms with Crippen molar-refractivity contribution in [3.63, 3.8) is 0 Å². The van der Waals surface area contributed by atoms with E-state index in [1.165, 1.54) is 0 Å². The summed E-state index contributed by atoms with van der Waals surface area (Å²) in [6, 6.07) is 4.56. The Morgan fingerprint density at radius 3 is 2.62 bits per heavy atom. The molecule has 0 bridgehead atoms. The average Bonchev–Trinajstić information content (AvgIpc) is 2.67. The van der Waals surface area contributed by atoms with Gasteiger partial charge in [0.2, 0.25) is 0 Å². The minimum absolute atomic E-state index is 0.199. The van der Waals surface area contributed by atoms with Crippen LogP contribution in [-0.2, 0) is 4.74 Å². The van der Waals surface area contributed by atoms with Crippen molar-refractivity contribution < 1.29 is 27.4 Å². The van der Waals surface area contributed by atoms with E-state index in [0.29, 0.717) is 30.3 Å². The highest BCUT2D eigenvalue weighted by Gasteiger charge is 2.28. The molecular weight excluding hydrogens is 289 g/mol. The van der Waals surface area contributed by atoms with Crippen LogP contribution in [0.5, 0.6) is 11.5 Å². The van der Waals surface area contributed by atoms with Gasteiger partial charge in [-0.25, -0.2) is 0 Å². The number of nitrogens with one attached hydrogen (secondary N) is 1. The molecule has 1 unspecified atom stereocenters. The molecule has 0 saturated carbocycles. The second-order valence-electron chi connectivity index (χ2n) is 4.61. The van der Waals surface area contributed by atoms with Gasteiger partial charge in [0.15, 0.2) is 11.5 Å². The van der Waals surface area contributed by atoms with E-state index in [1.807, 2.05) is 0 Å². The molecule has 0 saturated heterocycles. The van der Waals surface area contributed by atoms with Crippen molar-refractivity contribution in [3.8, 4) is 11.5 Å². The van der Waals surface area contributed by atoms with Gasteiger partial charge in [0.1, 0.15) is 6.61 Å². The van der Waals surface area contributed by atoms with E-state index in [-0.39, 0.29) is 6.61 Å². The molecule has 0 aromatic heterocycles. The predicted molar refractivity (Wildman–Crippen MR) is 69.0 cm³/mol. The highest BCUT2D eigenvalue weighted by molar-refractivity contribution is 5.44. The highest BCUT2D eigenvalue weighted by Crippen LogP contribution is 2.32. The van der Waals surface area contributed by atoms with Crippen molar-refractivity contribution in [1.29, 1.82) is 0 Å².